The molecule has 1 heterocycles. The van der Waals surface area contributed by atoms with Crippen molar-refractivity contribution in [3.63, 3.8) is 0 Å². The van der Waals surface area contributed by atoms with Crippen LogP contribution in [-0.2, 0) is 11.2 Å². The number of carbonyl (C=O) groups is 1. The molecule has 6 heteroatoms. The van der Waals surface area contributed by atoms with Gasteiger partial charge in [0.05, 0.1) is 26.3 Å². The minimum Gasteiger partial charge on any atom is -0.493 e. The van der Waals surface area contributed by atoms with E-state index in [0.29, 0.717) is 11.5 Å². The summed E-state index contributed by atoms with van der Waals surface area (Å²) >= 11 is 1.50. The van der Waals surface area contributed by atoms with E-state index < -0.39 is 0 Å². The predicted molar refractivity (Wildman–Crippen MR) is 114 cm³/mol. The van der Waals surface area contributed by atoms with Crippen LogP contribution in [0.2, 0.25) is 0 Å². The number of hydrogen-bond acceptors (Lipinski definition) is 5. The summed E-state index contributed by atoms with van der Waals surface area (Å²) in [5.41, 5.74) is 5.87. The smallest absolute Gasteiger partial charge is 0.230 e. The van der Waals surface area contributed by atoms with Gasteiger partial charge in [-0.25, -0.2) is 4.98 Å². The van der Waals surface area contributed by atoms with E-state index in [1.54, 1.807) is 14.2 Å². The first-order valence-corrected chi connectivity index (χ1v) is 9.83. The SMILES string of the molecule is COc1ccc(-c2nc(CC(=O)Nc3c(C)cc(C)cc3C)cs2)cc1OC. The second-order valence-electron chi connectivity index (χ2n) is 6.71. The van der Waals surface area contributed by atoms with Crippen LogP contribution in [0, 0.1) is 20.8 Å². The molecule has 5 nitrogen and oxygen atoms in total. The molecule has 0 spiro atoms. The van der Waals surface area contributed by atoms with Crippen LogP contribution in [0.3, 0.4) is 0 Å². The third kappa shape index (κ3) is 4.34. The zero-order valence-corrected chi connectivity index (χ0v) is 17.6. The zero-order valence-electron chi connectivity index (χ0n) is 16.8. The van der Waals surface area contributed by atoms with Crippen LogP contribution in [0.4, 0.5) is 5.69 Å². The molecule has 0 atom stereocenters. The highest BCUT2D eigenvalue weighted by Crippen LogP contribution is 2.33. The molecule has 1 amide bonds. The van der Waals surface area contributed by atoms with E-state index >= 15 is 0 Å². The van der Waals surface area contributed by atoms with E-state index in [1.165, 1.54) is 16.9 Å². The third-order valence-corrected chi connectivity index (χ3v) is 5.41. The van der Waals surface area contributed by atoms with Crippen molar-refractivity contribution < 1.29 is 14.3 Å². The van der Waals surface area contributed by atoms with Crippen molar-refractivity contribution in [1.82, 2.24) is 4.98 Å². The van der Waals surface area contributed by atoms with Gasteiger partial charge in [-0.1, -0.05) is 17.7 Å². The van der Waals surface area contributed by atoms with Crippen molar-refractivity contribution in [2.75, 3.05) is 19.5 Å². The molecule has 1 aromatic heterocycles. The molecule has 146 valence electrons. The number of ether oxygens (including phenoxy) is 2. The summed E-state index contributed by atoms with van der Waals surface area (Å²) in [7, 11) is 3.21. The fourth-order valence-corrected chi connectivity index (χ4v) is 4.03. The lowest BCUT2D eigenvalue weighted by molar-refractivity contribution is -0.115. The van der Waals surface area contributed by atoms with Gasteiger partial charge in [0.25, 0.3) is 0 Å². The molecule has 0 saturated heterocycles. The van der Waals surface area contributed by atoms with Gasteiger partial charge in [0, 0.05) is 16.6 Å². The number of rotatable bonds is 6. The van der Waals surface area contributed by atoms with E-state index in [-0.39, 0.29) is 12.3 Å². The van der Waals surface area contributed by atoms with Crippen LogP contribution in [0.1, 0.15) is 22.4 Å². The van der Waals surface area contributed by atoms with Gasteiger partial charge in [-0.05, 0) is 50.1 Å². The van der Waals surface area contributed by atoms with Gasteiger partial charge < -0.3 is 14.8 Å². The fourth-order valence-electron chi connectivity index (χ4n) is 3.22. The van der Waals surface area contributed by atoms with Gasteiger partial charge in [-0.3, -0.25) is 4.79 Å². The molecule has 0 saturated carbocycles. The van der Waals surface area contributed by atoms with E-state index in [0.717, 1.165) is 33.1 Å². The maximum Gasteiger partial charge on any atom is 0.230 e. The Balaban J connectivity index is 1.74. The Morgan fingerprint density at radius 2 is 1.71 bits per heavy atom. The maximum absolute atomic E-state index is 12.5. The third-order valence-electron chi connectivity index (χ3n) is 4.47. The van der Waals surface area contributed by atoms with Crippen LogP contribution >= 0.6 is 11.3 Å². The van der Waals surface area contributed by atoms with Gasteiger partial charge in [-0.15, -0.1) is 11.3 Å². The second-order valence-corrected chi connectivity index (χ2v) is 7.57. The summed E-state index contributed by atoms with van der Waals surface area (Å²) < 4.78 is 10.6. The Bertz CT molecular complexity index is 988. The summed E-state index contributed by atoms with van der Waals surface area (Å²) in [6, 6.07) is 9.82. The number of hydrogen-bond donors (Lipinski definition) is 1. The van der Waals surface area contributed by atoms with E-state index in [1.807, 2.05) is 37.4 Å². The van der Waals surface area contributed by atoms with Gasteiger partial charge >= 0.3 is 0 Å². The van der Waals surface area contributed by atoms with E-state index in [2.05, 4.69) is 29.4 Å². The fraction of sp³-hybridized carbons (Fsp3) is 0.273. The van der Waals surface area contributed by atoms with E-state index in [4.69, 9.17) is 9.47 Å². The number of aryl methyl sites for hydroxylation is 3. The lowest BCUT2D eigenvalue weighted by atomic mass is 10.0. The van der Waals surface area contributed by atoms with Gasteiger partial charge in [-0.2, -0.15) is 0 Å². The topological polar surface area (TPSA) is 60.5 Å². The monoisotopic (exact) mass is 396 g/mol. The van der Waals surface area contributed by atoms with E-state index in [9.17, 15) is 4.79 Å². The Labute approximate surface area is 169 Å². The number of anilines is 1. The molecule has 0 aliphatic carbocycles. The first kappa shape index (κ1) is 19.9. The predicted octanol–water partition coefficient (Wildman–Crippen LogP) is 4.93. The number of thiazole rings is 1. The molecule has 0 fully saturated rings. The number of amides is 1. The Hall–Kier alpha value is -2.86. The lowest BCUT2D eigenvalue weighted by Gasteiger charge is -2.12. The average molecular weight is 397 g/mol. The van der Waals surface area contributed by atoms with Crippen molar-refractivity contribution >= 4 is 22.9 Å². The quantitative estimate of drug-likeness (QED) is 0.641. The molecule has 3 aromatic rings. The molecule has 0 radical (unpaired) electrons. The first-order valence-electron chi connectivity index (χ1n) is 8.95. The number of nitrogens with one attached hydrogen (secondary N) is 1. The molecular formula is C22H24N2O3S. The number of nitrogens with zero attached hydrogens (tertiary/aromatic N) is 1. The highest BCUT2D eigenvalue weighted by atomic mass is 32.1. The molecule has 0 bridgehead atoms. The van der Waals surface area contributed by atoms with Gasteiger partial charge in [0.15, 0.2) is 11.5 Å². The van der Waals surface area contributed by atoms with Crippen LogP contribution < -0.4 is 14.8 Å². The van der Waals surface area contributed by atoms with Crippen molar-refractivity contribution in [1.29, 1.82) is 0 Å². The van der Waals surface area contributed by atoms with Crippen molar-refractivity contribution in [2.24, 2.45) is 0 Å². The Morgan fingerprint density at radius 3 is 2.36 bits per heavy atom. The molecule has 0 aliphatic heterocycles. The Morgan fingerprint density at radius 1 is 1.04 bits per heavy atom. The number of carbonyl (C=O) groups excluding carboxylic acids is 1. The summed E-state index contributed by atoms with van der Waals surface area (Å²) in [5, 5.41) is 5.78. The number of methoxy groups -OCH3 is 2. The summed E-state index contributed by atoms with van der Waals surface area (Å²) in [6.45, 7) is 6.07. The van der Waals surface area contributed by atoms with Crippen LogP contribution in [0.25, 0.3) is 10.6 Å². The number of benzene rings is 2. The molecule has 0 aliphatic rings. The second kappa shape index (κ2) is 8.44. The molecule has 3 rings (SSSR count). The lowest BCUT2D eigenvalue weighted by Crippen LogP contribution is -2.16. The average Bonchev–Trinajstić information content (AvgIpc) is 3.12. The standard InChI is InChI=1S/C22H24N2O3S/c1-13-8-14(2)21(15(3)9-13)24-20(25)11-17-12-28-22(23-17)16-6-7-18(26-4)19(10-16)27-5/h6-10,12H,11H2,1-5H3,(H,24,25). The Kier molecular flexibility index (Phi) is 5.99. The molecule has 28 heavy (non-hydrogen) atoms. The molecule has 2 aromatic carbocycles. The van der Waals surface area contributed by atoms with Gasteiger partial charge in [0.2, 0.25) is 5.91 Å². The summed E-state index contributed by atoms with van der Waals surface area (Å²) in [4.78, 5) is 17.1. The molecule has 1 N–H and O–H groups in total. The summed E-state index contributed by atoms with van der Waals surface area (Å²) in [6.07, 6.45) is 0.233. The highest BCUT2D eigenvalue weighted by molar-refractivity contribution is 7.13. The van der Waals surface area contributed by atoms with Crippen LogP contribution in [-0.4, -0.2) is 25.1 Å². The molecule has 0 unspecified atom stereocenters. The van der Waals surface area contributed by atoms with Crippen molar-refractivity contribution in [3.05, 3.63) is 58.1 Å². The largest absolute Gasteiger partial charge is 0.493 e. The van der Waals surface area contributed by atoms with Crippen molar-refractivity contribution in [2.45, 2.75) is 27.2 Å². The van der Waals surface area contributed by atoms with Crippen molar-refractivity contribution in [3.8, 4) is 22.1 Å². The zero-order chi connectivity index (χ0) is 20.3. The van der Waals surface area contributed by atoms with Crippen LogP contribution in [0.15, 0.2) is 35.7 Å². The summed E-state index contributed by atoms with van der Waals surface area (Å²) in [5.74, 6) is 1.25. The van der Waals surface area contributed by atoms with Crippen LogP contribution in [0.5, 0.6) is 11.5 Å². The normalized spacial score (nSPS) is 10.6. The molecular weight excluding hydrogens is 372 g/mol. The minimum atomic E-state index is -0.0702. The maximum atomic E-state index is 12.5. The minimum absolute atomic E-state index is 0.0702. The first-order chi connectivity index (χ1) is 13.4. The van der Waals surface area contributed by atoms with Gasteiger partial charge in [0.1, 0.15) is 5.01 Å². The highest BCUT2D eigenvalue weighted by Gasteiger charge is 2.13. The number of aromatic nitrogens is 1.